The average molecular weight is 441 g/mol. The van der Waals surface area contributed by atoms with Gasteiger partial charge in [0.05, 0.1) is 19.3 Å². The molecule has 0 aliphatic carbocycles. The molecule has 3 aromatic rings. The van der Waals surface area contributed by atoms with Gasteiger partial charge < -0.3 is 10.1 Å². The second-order valence-electron chi connectivity index (χ2n) is 7.26. The summed E-state index contributed by atoms with van der Waals surface area (Å²) < 4.78 is 21.3. The third-order valence-corrected chi connectivity index (χ3v) is 6.04. The largest absolute Gasteiger partial charge is 0.379 e. The van der Waals surface area contributed by atoms with Gasteiger partial charge in [-0.2, -0.15) is 0 Å². The van der Waals surface area contributed by atoms with Gasteiger partial charge in [-0.15, -0.1) is 0 Å². The molecule has 2 aromatic carbocycles. The second kappa shape index (κ2) is 10.1. The van der Waals surface area contributed by atoms with Crippen molar-refractivity contribution in [2.45, 2.75) is 11.2 Å². The lowest BCUT2D eigenvalue weighted by molar-refractivity contribution is 0.0162. The summed E-state index contributed by atoms with van der Waals surface area (Å²) in [7, 11) is 0. The number of aromatic nitrogens is 2. The number of halogens is 1. The van der Waals surface area contributed by atoms with Gasteiger partial charge in [-0.3, -0.25) is 14.3 Å². The first-order valence-electron chi connectivity index (χ1n) is 10.2. The fourth-order valence-electron chi connectivity index (χ4n) is 3.76. The zero-order valence-corrected chi connectivity index (χ0v) is 18.1. The standard InChI is InChI=1S/C23H25FN4O2S/c1-31-23-25-9-10-28(23)20-7-5-17(6-8-20)22(29)26-16-21(27-11-13-30-14-12-27)18-3-2-4-19(24)15-18/h2-10,15,21H,11-14,16H2,1H3,(H,26,29). The van der Waals surface area contributed by atoms with Crippen LogP contribution >= 0.6 is 11.8 Å². The number of carbonyl (C=O) groups excluding carboxylic acids is 1. The number of thioether (sulfide) groups is 1. The van der Waals surface area contributed by atoms with Gasteiger partial charge in [-0.25, -0.2) is 9.37 Å². The number of amides is 1. The molecule has 31 heavy (non-hydrogen) atoms. The fourth-order valence-corrected chi connectivity index (χ4v) is 4.29. The van der Waals surface area contributed by atoms with E-state index >= 15 is 0 Å². The number of rotatable bonds is 7. The molecule has 0 bridgehead atoms. The summed E-state index contributed by atoms with van der Waals surface area (Å²) in [5.41, 5.74) is 2.38. The molecule has 1 aliphatic heterocycles. The zero-order valence-electron chi connectivity index (χ0n) is 17.3. The van der Waals surface area contributed by atoms with Gasteiger partial charge in [-0.05, 0) is 48.2 Å². The van der Waals surface area contributed by atoms with Crippen molar-refractivity contribution in [3.05, 3.63) is 77.9 Å². The summed E-state index contributed by atoms with van der Waals surface area (Å²) in [6.07, 6.45) is 5.63. The first-order chi connectivity index (χ1) is 15.2. The number of morpholine rings is 1. The maximum absolute atomic E-state index is 13.8. The number of benzene rings is 2. The molecular weight excluding hydrogens is 415 g/mol. The third kappa shape index (κ3) is 5.15. The minimum atomic E-state index is -0.276. The summed E-state index contributed by atoms with van der Waals surface area (Å²) in [5.74, 6) is -0.432. The van der Waals surface area contributed by atoms with Gasteiger partial charge in [-0.1, -0.05) is 23.9 Å². The lowest BCUT2D eigenvalue weighted by atomic mass is 10.0. The van der Waals surface area contributed by atoms with Crippen molar-refractivity contribution in [1.29, 1.82) is 0 Å². The van der Waals surface area contributed by atoms with Crippen LogP contribution in [0.15, 0.2) is 66.1 Å². The van der Waals surface area contributed by atoms with E-state index in [0.717, 1.165) is 29.5 Å². The van der Waals surface area contributed by atoms with Crippen molar-refractivity contribution in [1.82, 2.24) is 19.8 Å². The van der Waals surface area contributed by atoms with Crippen molar-refractivity contribution < 1.29 is 13.9 Å². The van der Waals surface area contributed by atoms with E-state index in [4.69, 9.17) is 4.74 Å². The predicted molar refractivity (Wildman–Crippen MR) is 119 cm³/mol. The molecule has 0 radical (unpaired) electrons. The number of hydrogen-bond donors (Lipinski definition) is 1. The normalized spacial score (nSPS) is 15.5. The van der Waals surface area contributed by atoms with E-state index in [-0.39, 0.29) is 17.8 Å². The molecule has 1 unspecified atom stereocenters. The number of imidazole rings is 1. The Morgan fingerprint density at radius 1 is 1.23 bits per heavy atom. The molecule has 1 aliphatic rings. The Labute approximate surface area is 185 Å². The Bertz CT molecular complexity index is 1020. The molecule has 8 heteroatoms. The summed E-state index contributed by atoms with van der Waals surface area (Å²) in [6, 6.07) is 13.9. The smallest absolute Gasteiger partial charge is 0.251 e. The minimum absolute atomic E-state index is 0.113. The summed E-state index contributed by atoms with van der Waals surface area (Å²) in [5, 5.41) is 3.91. The van der Waals surface area contributed by atoms with E-state index in [0.29, 0.717) is 25.3 Å². The van der Waals surface area contributed by atoms with E-state index in [2.05, 4.69) is 15.2 Å². The first-order valence-corrected chi connectivity index (χ1v) is 11.4. The highest BCUT2D eigenvalue weighted by Gasteiger charge is 2.23. The van der Waals surface area contributed by atoms with Crippen LogP contribution in [0.4, 0.5) is 4.39 Å². The molecule has 1 amide bonds. The van der Waals surface area contributed by atoms with Gasteiger partial charge in [0.25, 0.3) is 5.91 Å². The highest BCUT2D eigenvalue weighted by atomic mass is 32.2. The molecule has 0 spiro atoms. The minimum Gasteiger partial charge on any atom is -0.379 e. The Morgan fingerprint density at radius 3 is 2.71 bits per heavy atom. The van der Waals surface area contributed by atoms with Crippen LogP contribution in [-0.4, -0.2) is 59.5 Å². The fraction of sp³-hybridized carbons (Fsp3) is 0.304. The van der Waals surface area contributed by atoms with Gasteiger partial charge in [0.1, 0.15) is 5.82 Å². The van der Waals surface area contributed by atoms with E-state index in [1.807, 2.05) is 35.2 Å². The number of carbonyl (C=O) groups is 1. The van der Waals surface area contributed by atoms with Crippen LogP contribution in [0.25, 0.3) is 5.69 Å². The number of nitrogens with zero attached hydrogens (tertiary/aromatic N) is 3. The Kier molecular flexibility index (Phi) is 7.01. The molecule has 1 saturated heterocycles. The summed E-state index contributed by atoms with van der Waals surface area (Å²) in [4.78, 5) is 19.3. The topological polar surface area (TPSA) is 59.4 Å². The Hall–Kier alpha value is -2.68. The molecular formula is C23H25FN4O2S. The SMILES string of the molecule is CSc1nccn1-c1ccc(C(=O)NCC(c2cccc(F)c2)N2CCOCC2)cc1. The average Bonchev–Trinajstić information content (AvgIpc) is 3.29. The van der Waals surface area contributed by atoms with Crippen molar-refractivity contribution in [3.63, 3.8) is 0 Å². The summed E-state index contributed by atoms with van der Waals surface area (Å²) >= 11 is 1.56. The highest BCUT2D eigenvalue weighted by molar-refractivity contribution is 7.98. The van der Waals surface area contributed by atoms with Crippen LogP contribution in [0, 0.1) is 5.82 Å². The maximum atomic E-state index is 13.8. The quantitative estimate of drug-likeness (QED) is 0.570. The van der Waals surface area contributed by atoms with E-state index in [1.165, 1.54) is 12.1 Å². The number of ether oxygens (including phenoxy) is 1. The third-order valence-electron chi connectivity index (χ3n) is 5.37. The van der Waals surface area contributed by atoms with Crippen LogP contribution in [0.1, 0.15) is 22.0 Å². The van der Waals surface area contributed by atoms with E-state index in [9.17, 15) is 9.18 Å². The van der Waals surface area contributed by atoms with Crippen molar-refractivity contribution in [2.75, 3.05) is 39.1 Å². The molecule has 0 saturated carbocycles. The van der Waals surface area contributed by atoms with Crippen LogP contribution in [-0.2, 0) is 4.74 Å². The molecule has 6 nitrogen and oxygen atoms in total. The lowest BCUT2D eigenvalue weighted by Gasteiger charge is -2.35. The van der Waals surface area contributed by atoms with Crippen molar-refractivity contribution in [2.24, 2.45) is 0 Å². The molecule has 2 heterocycles. The second-order valence-corrected chi connectivity index (χ2v) is 8.03. The van der Waals surface area contributed by atoms with Crippen LogP contribution in [0.3, 0.4) is 0 Å². The van der Waals surface area contributed by atoms with E-state index < -0.39 is 0 Å². The van der Waals surface area contributed by atoms with Gasteiger partial charge in [0.2, 0.25) is 0 Å². The van der Waals surface area contributed by atoms with Gasteiger partial charge in [0, 0.05) is 43.3 Å². The molecule has 1 N–H and O–H groups in total. The van der Waals surface area contributed by atoms with Crippen LogP contribution in [0.5, 0.6) is 0 Å². The van der Waals surface area contributed by atoms with Gasteiger partial charge >= 0.3 is 0 Å². The Morgan fingerprint density at radius 2 is 2.00 bits per heavy atom. The molecule has 1 atom stereocenters. The predicted octanol–water partition coefficient (Wildman–Crippen LogP) is 3.54. The lowest BCUT2D eigenvalue weighted by Crippen LogP contribution is -2.43. The van der Waals surface area contributed by atoms with E-state index in [1.54, 1.807) is 36.2 Å². The maximum Gasteiger partial charge on any atom is 0.251 e. The van der Waals surface area contributed by atoms with Gasteiger partial charge in [0.15, 0.2) is 5.16 Å². The molecule has 4 rings (SSSR count). The monoisotopic (exact) mass is 440 g/mol. The molecule has 1 aromatic heterocycles. The van der Waals surface area contributed by atoms with Crippen LogP contribution in [0.2, 0.25) is 0 Å². The molecule has 162 valence electrons. The highest BCUT2D eigenvalue weighted by Crippen LogP contribution is 2.23. The Balaban J connectivity index is 1.46. The molecule has 1 fully saturated rings. The number of nitrogens with one attached hydrogen (secondary N) is 1. The first kappa shape index (κ1) is 21.5. The van der Waals surface area contributed by atoms with Crippen molar-refractivity contribution in [3.8, 4) is 5.69 Å². The van der Waals surface area contributed by atoms with Crippen molar-refractivity contribution >= 4 is 17.7 Å². The van der Waals surface area contributed by atoms with Crippen LogP contribution < -0.4 is 5.32 Å². The summed E-state index contributed by atoms with van der Waals surface area (Å²) in [6.45, 7) is 3.14. The number of hydrogen-bond acceptors (Lipinski definition) is 5. The zero-order chi connectivity index (χ0) is 21.6.